The molecule has 1 unspecified atom stereocenters. The molecular weight excluding hydrogens is 148 g/mol. The molecule has 2 nitrogen and oxygen atoms in total. The summed E-state index contributed by atoms with van der Waals surface area (Å²) in [5.41, 5.74) is 0. The van der Waals surface area contributed by atoms with Crippen LogP contribution in [0.2, 0.25) is 0 Å². The summed E-state index contributed by atoms with van der Waals surface area (Å²) >= 11 is 0. The van der Waals surface area contributed by atoms with Crippen LogP contribution in [0.15, 0.2) is 0 Å². The van der Waals surface area contributed by atoms with Crippen LogP contribution in [-0.2, 0) is 0 Å². The summed E-state index contributed by atoms with van der Waals surface area (Å²) < 4.78 is 0. The summed E-state index contributed by atoms with van der Waals surface area (Å²) in [6.45, 7) is 3.40. The van der Waals surface area contributed by atoms with Crippen LogP contribution < -0.4 is 5.32 Å². The zero-order valence-electron chi connectivity index (χ0n) is 8.64. The van der Waals surface area contributed by atoms with E-state index in [4.69, 9.17) is 0 Å². The Hall–Kier alpha value is -0.0800. The first-order valence-corrected chi connectivity index (χ1v) is 5.12. The average Bonchev–Trinajstić information content (AvgIpc) is 2.55. The SMILES string of the molecule is CNCC(C)N(C)C1CCCC1. The number of hydrogen-bond acceptors (Lipinski definition) is 2. The number of nitrogens with zero attached hydrogens (tertiary/aromatic N) is 1. The lowest BCUT2D eigenvalue weighted by molar-refractivity contribution is 0.185. The molecule has 1 aliphatic rings. The van der Waals surface area contributed by atoms with Crippen molar-refractivity contribution < 1.29 is 0 Å². The first-order valence-electron chi connectivity index (χ1n) is 5.12. The van der Waals surface area contributed by atoms with Crippen molar-refractivity contribution in [2.45, 2.75) is 44.7 Å². The van der Waals surface area contributed by atoms with Crippen molar-refractivity contribution in [3.63, 3.8) is 0 Å². The Bertz CT molecular complexity index is 119. The molecule has 0 aromatic carbocycles. The lowest BCUT2D eigenvalue weighted by Crippen LogP contribution is -2.42. The molecule has 1 fully saturated rings. The molecular formula is C10H22N2. The van der Waals surface area contributed by atoms with Gasteiger partial charge in [-0.1, -0.05) is 12.8 Å². The van der Waals surface area contributed by atoms with E-state index < -0.39 is 0 Å². The second-order valence-electron chi connectivity index (χ2n) is 4.01. The molecule has 0 aliphatic heterocycles. The Labute approximate surface area is 76.3 Å². The normalized spacial score (nSPS) is 22.0. The van der Waals surface area contributed by atoms with Gasteiger partial charge in [0.05, 0.1) is 0 Å². The van der Waals surface area contributed by atoms with E-state index in [1.165, 1.54) is 25.7 Å². The monoisotopic (exact) mass is 170 g/mol. The van der Waals surface area contributed by atoms with E-state index in [-0.39, 0.29) is 0 Å². The maximum Gasteiger partial charge on any atom is 0.0192 e. The fourth-order valence-corrected chi connectivity index (χ4v) is 2.11. The minimum Gasteiger partial charge on any atom is -0.318 e. The predicted octanol–water partition coefficient (Wildman–Crippen LogP) is 1.47. The molecule has 1 aliphatic carbocycles. The van der Waals surface area contributed by atoms with Gasteiger partial charge in [-0.25, -0.2) is 0 Å². The van der Waals surface area contributed by atoms with Crippen LogP contribution in [0.1, 0.15) is 32.6 Å². The van der Waals surface area contributed by atoms with E-state index in [0.717, 1.165) is 12.6 Å². The quantitative estimate of drug-likeness (QED) is 0.687. The number of rotatable bonds is 4. The Balaban J connectivity index is 2.29. The number of nitrogens with one attached hydrogen (secondary N) is 1. The molecule has 0 saturated heterocycles. The largest absolute Gasteiger partial charge is 0.318 e. The van der Waals surface area contributed by atoms with Gasteiger partial charge in [-0.2, -0.15) is 0 Å². The summed E-state index contributed by atoms with van der Waals surface area (Å²) in [4.78, 5) is 2.53. The summed E-state index contributed by atoms with van der Waals surface area (Å²) in [5, 5.41) is 3.23. The van der Waals surface area contributed by atoms with Crippen LogP contribution in [0.4, 0.5) is 0 Å². The lowest BCUT2D eigenvalue weighted by Gasteiger charge is -2.30. The van der Waals surface area contributed by atoms with Crippen LogP contribution in [0.3, 0.4) is 0 Å². The first kappa shape index (κ1) is 10.0. The topological polar surface area (TPSA) is 15.3 Å². The molecule has 0 aromatic rings. The standard InChI is InChI=1S/C10H22N2/c1-9(8-11-2)12(3)10-6-4-5-7-10/h9-11H,4-8H2,1-3H3. The fraction of sp³-hybridized carbons (Fsp3) is 1.00. The Kier molecular flexibility index (Phi) is 4.02. The molecule has 0 amide bonds. The van der Waals surface area contributed by atoms with E-state index >= 15 is 0 Å². The van der Waals surface area contributed by atoms with Crippen LogP contribution in [0, 0.1) is 0 Å². The summed E-state index contributed by atoms with van der Waals surface area (Å²) in [5.74, 6) is 0. The smallest absolute Gasteiger partial charge is 0.0192 e. The Morgan fingerprint density at radius 2 is 2.00 bits per heavy atom. The van der Waals surface area contributed by atoms with Gasteiger partial charge in [-0.3, -0.25) is 4.90 Å². The summed E-state index contributed by atoms with van der Waals surface area (Å²) in [6, 6.07) is 1.53. The number of likely N-dealkylation sites (N-methyl/N-ethyl adjacent to an activating group) is 2. The van der Waals surface area contributed by atoms with E-state index in [9.17, 15) is 0 Å². The highest BCUT2D eigenvalue weighted by Gasteiger charge is 2.22. The van der Waals surface area contributed by atoms with Gasteiger partial charge in [0.2, 0.25) is 0 Å². The van der Waals surface area contributed by atoms with Gasteiger partial charge in [0.1, 0.15) is 0 Å². The molecule has 2 heteroatoms. The van der Waals surface area contributed by atoms with Gasteiger partial charge in [-0.05, 0) is 33.9 Å². The van der Waals surface area contributed by atoms with Gasteiger partial charge in [0.25, 0.3) is 0 Å². The van der Waals surface area contributed by atoms with Crippen LogP contribution >= 0.6 is 0 Å². The molecule has 12 heavy (non-hydrogen) atoms. The molecule has 1 N–H and O–H groups in total. The third-order valence-electron chi connectivity index (χ3n) is 3.10. The lowest BCUT2D eigenvalue weighted by atomic mass is 10.2. The number of hydrogen-bond donors (Lipinski definition) is 1. The summed E-state index contributed by atoms with van der Waals surface area (Å²) in [6.07, 6.45) is 5.68. The van der Waals surface area contributed by atoms with E-state index in [0.29, 0.717) is 6.04 Å². The highest BCUT2D eigenvalue weighted by Crippen LogP contribution is 2.23. The van der Waals surface area contributed by atoms with E-state index in [2.05, 4.69) is 24.2 Å². The van der Waals surface area contributed by atoms with Crippen molar-refractivity contribution in [1.82, 2.24) is 10.2 Å². The maximum absolute atomic E-state index is 3.23. The van der Waals surface area contributed by atoms with Crippen molar-refractivity contribution in [3.05, 3.63) is 0 Å². The second kappa shape index (κ2) is 4.83. The second-order valence-corrected chi connectivity index (χ2v) is 4.01. The highest BCUT2D eigenvalue weighted by molar-refractivity contribution is 4.79. The van der Waals surface area contributed by atoms with Gasteiger partial charge in [0.15, 0.2) is 0 Å². The highest BCUT2D eigenvalue weighted by atomic mass is 15.2. The van der Waals surface area contributed by atoms with Gasteiger partial charge >= 0.3 is 0 Å². The zero-order chi connectivity index (χ0) is 8.97. The minimum atomic E-state index is 0.679. The molecule has 0 bridgehead atoms. The van der Waals surface area contributed by atoms with Crippen LogP contribution in [0.25, 0.3) is 0 Å². The first-order chi connectivity index (χ1) is 5.75. The van der Waals surface area contributed by atoms with Gasteiger partial charge in [0, 0.05) is 18.6 Å². The van der Waals surface area contributed by atoms with Crippen LogP contribution in [0.5, 0.6) is 0 Å². The van der Waals surface area contributed by atoms with Crippen molar-refractivity contribution in [3.8, 4) is 0 Å². The molecule has 1 rings (SSSR count). The average molecular weight is 170 g/mol. The van der Waals surface area contributed by atoms with Gasteiger partial charge in [-0.15, -0.1) is 0 Å². The molecule has 0 radical (unpaired) electrons. The van der Waals surface area contributed by atoms with Crippen molar-refractivity contribution in [1.29, 1.82) is 0 Å². The Morgan fingerprint density at radius 1 is 1.42 bits per heavy atom. The molecule has 0 heterocycles. The molecule has 72 valence electrons. The molecule has 1 atom stereocenters. The molecule has 0 spiro atoms. The predicted molar refractivity (Wildman–Crippen MR) is 53.4 cm³/mol. The van der Waals surface area contributed by atoms with Crippen molar-refractivity contribution >= 4 is 0 Å². The maximum atomic E-state index is 3.23. The molecule has 1 saturated carbocycles. The summed E-state index contributed by atoms with van der Waals surface area (Å²) in [7, 11) is 4.29. The van der Waals surface area contributed by atoms with E-state index in [1.54, 1.807) is 0 Å². The Morgan fingerprint density at radius 3 is 2.50 bits per heavy atom. The van der Waals surface area contributed by atoms with Crippen molar-refractivity contribution in [2.75, 3.05) is 20.6 Å². The fourth-order valence-electron chi connectivity index (χ4n) is 2.11. The van der Waals surface area contributed by atoms with Gasteiger partial charge < -0.3 is 5.32 Å². The minimum absolute atomic E-state index is 0.679. The van der Waals surface area contributed by atoms with E-state index in [1.807, 2.05) is 7.05 Å². The van der Waals surface area contributed by atoms with Crippen molar-refractivity contribution in [2.24, 2.45) is 0 Å². The van der Waals surface area contributed by atoms with Crippen LogP contribution in [-0.4, -0.2) is 37.6 Å². The third-order valence-corrected chi connectivity index (χ3v) is 3.10. The molecule has 0 aromatic heterocycles. The third kappa shape index (κ3) is 2.46. The zero-order valence-corrected chi connectivity index (χ0v) is 8.64.